The van der Waals surface area contributed by atoms with Gasteiger partial charge in [-0.1, -0.05) is 31.9 Å². The molecule has 1 saturated carbocycles. The van der Waals surface area contributed by atoms with Crippen LogP contribution in [0.2, 0.25) is 0 Å². The maximum atomic E-state index is 5.93. The van der Waals surface area contributed by atoms with Crippen LogP contribution in [0.1, 0.15) is 45.1 Å². The van der Waals surface area contributed by atoms with E-state index in [4.69, 9.17) is 5.73 Å². The average Bonchev–Trinajstić information content (AvgIpc) is 3.19. The minimum Gasteiger partial charge on any atom is -0.368 e. The number of rotatable bonds is 3. The topological polar surface area (TPSA) is 81.7 Å². The number of nitrogens with two attached hydrogens (primary N) is 1. The van der Waals surface area contributed by atoms with Gasteiger partial charge in [0.15, 0.2) is 17.0 Å². The third-order valence-corrected chi connectivity index (χ3v) is 4.77. The lowest BCUT2D eigenvalue weighted by Gasteiger charge is -2.14. The van der Waals surface area contributed by atoms with Gasteiger partial charge in [0.05, 0.1) is 12.4 Å². The number of nitrogens with one attached hydrogen (secondary N) is 1. The van der Waals surface area contributed by atoms with E-state index in [2.05, 4.69) is 43.9 Å². The van der Waals surface area contributed by atoms with Gasteiger partial charge in [-0.15, -0.1) is 0 Å². The zero-order chi connectivity index (χ0) is 15.1. The first-order valence-electron chi connectivity index (χ1n) is 8.15. The van der Waals surface area contributed by atoms with Crippen molar-refractivity contribution in [3.05, 3.63) is 18.5 Å². The van der Waals surface area contributed by atoms with Crippen molar-refractivity contribution in [3.8, 4) is 0 Å². The predicted molar refractivity (Wildman–Crippen MR) is 87.6 cm³/mol. The Morgan fingerprint density at radius 2 is 2.05 bits per heavy atom. The highest BCUT2D eigenvalue weighted by Crippen LogP contribution is 2.32. The first-order chi connectivity index (χ1) is 10.7. The van der Waals surface area contributed by atoms with E-state index in [1.807, 2.05) is 6.33 Å². The van der Waals surface area contributed by atoms with Gasteiger partial charge < -0.3 is 15.6 Å². The second-order valence-corrected chi connectivity index (χ2v) is 6.55. The number of aromatic nitrogens is 4. The van der Waals surface area contributed by atoms with Crippen molar-refractivity contribution in [1.82, 2.24) is 19.5 Å². The second-order valence-electron chi connectivity index (χ2n) is 6.55. The number of fused-ring (bicyclic) bond motifs is 1. The minimum absolute atomic E-state index is 0.310. The summed E-state index contributed by atoms with van der Waals surface area (Å²) in [7, 11) is 0. The Labute approximate surface area is 129 Å². The number of hydrogen-bond donors (Lipinski definition) is 2. The van der Waals surface area contributed by atoms with Crippen LogP contribution in [0.25, 0.3) is 11.2 Å². The molecule has 0 aliphatic heterocycles. The summed E-state index contributed by atoms with van der Waals surface area (Å²) in [4.78, 5) is 13.4. The molecule has 2 aliphatic carbocycles. The first kappa shape index (κ1) is 13.5. The van der Waals surface area contributed by atoms with Crippen LogP contribution in [0.3, 0.4) is 0 Å². The number of hydrogen-bond acceptors (Lipinski definition) is 5. The molecule has 2 aromatic heterocycles. The minimum atomic E-state index is 0.310. The lowest BCUT2D eigenvalue weighted by atomic mass is 10.1. The number of nitrogen functional groups attached to an aromatic ring is 1. The van der Waals surface area contributed by atoms with Crippen LogP contribution in [0, 0.1) is 5.92 Å². The van der Waals surface area contributed by atoms with Crippen LogP contribution < -0.4 is 11.1 Å². The van der Waals surface area contributed by atoms with E-state index < -0.39 is 0 Å². The van der Waals surface area contributed by atoms with Crippen molar-refractivity contribution in [2.24, 2.45) is 5.92 Å². The summed E-state index contributed by atoms with van der Waals surface area (Å²) in [6.45, 7) is 2.23. The molecule has 6 nitrogen and oxygen atoms in total. The third kappa shape index (κ3) is 2.32. The fourth-order valence-electron chi connectivity index (χ4n) is 3.60. The van der Waals surface area contributed by atoms with Gasteiger partial charge in [-0.05, 0) is 25.2 Å². The largest absolute Gasteiger partial charge is 0.368 e. The standard InChI is InChI=1S/C16H22N6/c1-10-6-7-12(8-10)22-9-18-13-14(19-11-4-2-3-5-11)20-16(17)21-15(13)22/h6-7,9-12H,2-5,8H2,1H3,(H3,17,19,20,21)/t10-,12+/m1/s1. The molecule has 2 atom stereocenters. The lowest BCUT2D eigenvalue weighted by Crippen LogP contribution is -2.17. The monoisotopic (exact) mass is 298 g/mol. The van der Waals surface area contributed by atoms with Gasteiger partial charge in [0, 0.05) is 6.04 Å². The van der Waals surface area contributed by atoms with E-state index in [9.17, 15) is 0 Å². The highest BCUT2D eigenvalue weighted by molar-refractivity contribution is 5.84. The van der Waals surface area contributed by atoms with Gasteiger partial charge in [0.25, 0.3) is 0 Å². The summed E-state index contributed by atoms with van der Waals surface area (Å²) >= 11 is 0. The third-order valence-electron chi connectivity index (χ3n) is 4.77. The van der Waals surface area contributed by atoms with Crippen molar-refractivity contribution in [1.29, 1.82) is 0 Å². The smallest absolute Gasteiger partial charge is 0.224 e. The molecule has 0 aromatic carbocycles. The summed E-state index contributed by atoms with van der Waals surface area (Å²) < 4.78 is 2.12. The maximum Gasteiger partial charge on any atom is 0.224 e. The van der Waals surface area contributed by atoms with Crippen LogP contribution in [0.15, 0.2) is 18.5 Å². The molecule has 0 radical (unpaired) electrons. The van der Waals surface area contributed by atoms with Gasteiger partial charge >= 0.3 is 0 Å². The van der Waals surface area contributed by atoms with Crippen LogP contribution >= 0.6 is 0 Å². The van der Waals surface area contributed by atoms with E-state index in [1.54, 1.807) is 0 Å². The normalized spacial score (nSPS) is 25.3. The van der Waals surface area contributed by atoms with E-state index in [0.717, 1.165) is 23.4 Å². The van der Waals surface area contributed by atoms with Crippen LogP contribution in [-0.4, -0.2) is 25.6 Å². The number of imidazole rings is 1. The van der Waals surface area contributed by atoms with E-state index >= 15 is 0 Å². The molecule has 2 aliphatic rings. The molecule has 0 spiro atoms. The Bertz CT molecular complexity index is 713. The molecular formula is C16H22N6. The highest BCUT2D eigenvalue weighted by Gasteiger charge is 2.23. The van der Waals surface area contributed by atoms with Crippen molar-refractivity contribution >= 4 is 22.9 Å². The van der Waals surface area contributed by atoms with Gasteiger partial charge in [0.1, 0.15) is 0 Å². The molecule has 0 saturated heterocycles. The predicted octanol–water partition coefficient (Wildman–Crippen LogP) is 2.90. The molecule has 22 heavy (non-hydrogen) atoms. The Balaban J connectivity index is 1.72. The Morgan fingerprint density at radius 1 is 1.23 bits per heavy atom. The molecule has 6 heteroatoms. The van der Waals surface area contributed by atoms with E-state index in [-0.39, 0.29) is 0 Å². The molecule has 4 rings (SSSR count). The summed E-state index contributed by atoms with van der Waals surface area (Å²) in [5.74, 6) is 1.69. The van der Waals surface area contributed by atoms with E-state index in [0.29, 0.717) is 23.9 Å². The molecule has 3 N–H and O–H groups in total. The first-order valence-corrected chi connectivity index (χ1v) is 8.15. The Hall–Kier alpha value is -2.11. The van der Waals surface area contributed by atoms with Gasteiger partial charge in [0.2, 0.25) is 5.95 Å². The summed E-state index contributed by atoms with van der Waals surface area (Å²) in [5.41, 5.74) is 7.59. The zero-order valence-corrected chi connectivity index (χ0v) is 12.9. The van der Waals surface area contributed by atoms with Crippen molar-refractivity contribution in [2.45, 2.75) is 51.1 Å². The molecule has 116 valence electrons. The summed E-state index contributed by atoms with van der Waals surface area (Å²) in [5, 5.41) is 3.51. The molecular weight excluding hydrogens is 276 g/mol. The highest BCUT2D eigenvalue weighted by atomic mass is 15.2. The summed E-state index contributed by atoms with van der Waals surface area (Å²) in [6.07, 6.45) is 12.4. The average molecular weight is 298 g/mol. The number of allylic oxidation sites excluding steroid dienone is 2. The van der Waals surface area contributed by atoms with Crippen molar-refractivity contribution < 1.29 is 0 Å². The van der Waals surface area contributed by atoms with Gasteiger partial charge in [-0.25, -0.2) is 4.98 Å². The Morgan fingerprint density at radius 3 is 2.77 bits per heavy atom. The fourth-order valence-corrected chi connectivity index (χ4v) is 3.60. The quantitative estimate of drug-likeness (QED) is 0.851. The maximum absolute atomic E-state index is 5.93. The lowest BCUT2D eigenvalue weighted by molar-refractivity contribution is 0.536. The van der Waals surface area contributed by atoms with Gasteiger partial charge in [-0.2, -0.15) is 9.97 Å². The molecule has 1 fully saturated rings. The Kier molecular flexibility index (Phi) is 3.24. The van der Waals surface area contributed by atoms with Crippen LogP contribution in [-0.2, 0) is 0 Å². The molecule has 0 bridgehead atoms. The summed E-state index contributed by atoms with van der Waals surface area (Å²) in [6, 6.07) is 0.794. The fraction of sp³-hybridized carbons (Fsp3) is 0.562. The van der Waals surface area contributed by atoms with Crippen molar-refractivity contribution in [3.63, 3.8) is 0 Å². The molecule has 2 heterocycles. The number of anilines is 2. The van der Waals surface area contributed by atoms with Crippen LogP contribution in [0.4, 0.5) is 11.8 Å². The van der Waals surface area contributed by atoms with E-state index in [1.165, 1.54) is 25.7 Å². The molecule has 0 amide bonds. The van der Waals surface area contributed by atoms with Crippen LogP contribution in [0.5, 0.6) is 0 Å². The zero-order valence-electron chi connectivity index (χ0n) is 12.9. The SMILES string of the molecule is C[C@@H]1C=C[C@H](n2cnc3c(NC4CCCC4)nc(N)nc32)C1. The second kappa shape index (κ2) is 5.26. The number of nitrogens with zero attached hydrogens (tertiary/aromatic N) is 4. The molecule has 0 unspecified atom stereocenters. The molecule has 2 aromatic rings. The van der Waals surface area contributed by atoms with Crippen molar-refractivity contribution in [2.75, 3.05) is 11.1 Å². The van der Waals surface area contributed by atoms with Gasteiger partial charge in [-0.3, -0.25) is 0 Å².